The van der Waals surface area contributed by atoms with Gasteiger partial charge in [-0.2, -0.15) is 0 Å². The predicted octanol–water partition coefficient (Wildman–Crippen LogP) is 4.70. The third kappa shape index (κ3) is 3.95. The van der Waals surface area contributed by atoms with Gasteiger partial charge in [0.05, 0.1) is 11.8 Å². The number of aromatic amines is 1. The summed E-state index contributed by atoms with van der Waals surface area (Å²) >= 11 is 0. The molecule has 4 aromatic rings. The molecule has 0 saturated carbocycles. The minimum absolute atomic E-state index is 0.102. The minimum Gasteiger partial charge on any atom is -0.441 e. The van der Waals surface area contributed by atoms with Gasteiger partial charge in [-0.3, -0.25) is 4.79 Å². The molecule has 1 amide bonds. The average molecular weight is 418 g/mol. The molecule has 31 heavy (non-hydrogen) atoms. The normalized spacial score (nSPS) is 14.9. The number of hydrogen-bond donors (Lipinski definition) is 1. The second-order valence-corrected chi connectivity index (χ2v) is 7.90. The minimum atomic E-state index is -0.352. The van der Waals surface area contributed by atoms with E-state index in [0.29, 0.717) is 36.0 Å². The average Bonchev–Trinajstić information content (AvgIpc) is 3.45. The Labute approximate surface area is 179 Å². The molecule has 6 nitrogen and oxygen atoms in total. The largest absolute Gasteiger partial charge is 0.441 e. The molecular weight excluding hydrogens is 395 g/mol. The van der Waals surface area contributed by atoms with Gasteiger partial charge in [-0.15, -0.1) is 0 Å². The number of hydrogen-bond acceptors (Lipinski definition) is 4. The van der Waals surface area contributed by atoms with Gasteiger partial charge in [-0.25, -0.2) is 14.4 Å². The van der Waals surface area contributed by atoms with Crippen molar-refractivity contribution in [3.8, 4) is 11.3 Å². The van der Waals surface area contributed by atoms with Crippen LogP contribution in [0.5, 0.6) is 0 Å². The molecule has 1 aliphatic rings. The standard InChI is InChI=1S/C24H23FN4O2/c25-20-6-2-1-4-18(20)21-15-27-22(31-21)7-8-23(30)29-12-9-16(10-13-29)19-14-28-24-17(19)5-3-11-26-24/h1-6,11,14-16H,7-10,12-13H2,(H,26,28). The van der Waals surface area contributed by atoms with Gasteiger partial charge in [-0.05, 0) is 48.6 Å². The van der Waals surface area contributed by atoms with Crippen LogP contribution in [0.4, 0.5) is 4.39 Å². The maximum absolute atomic E-state index is 13.9. The number of nitrogens with one attached hydrogen (secondary N) is 1. The van der Waals surface area contributed by atoms with Crippen LogP contribution in [-0.4, -0.2) is 38.8 Å². The van der Waals surface area contributed by atoms with Crippen molar-refractivity contribution < 1.29 is 13.6 Å². The van der Waals surface area contributed by atoms with Crippen molar-refractivity contribution in [2.75, 3.05) is 13.1 Å². The van der Waals surface area contributed by atoms with Crippen LogP contribution in [0.15, 0.2) is 59.4 Å². The number of pyridine rings is 1. The summed E-state index contributed by atoms with van der Waals surface area (Å²) in [6.07, 6.45) is 7.96. The number of aromatic nitrogens is 3. The highest BCUT2D eigenvalue weighted by Crippen LogP contribution is 2.32. The Balaban J connectivity index is 1.16. The fraction of sp³-hybridized carbons (Fsp3) is 0.292. The summed E-state index contributed by atoms with van der Waals surface area (Å²) in [7, 11) is 0. The Hall–Kier alpha value is -3.48. The molecule has 1 aromatic carbocycles. The van der Waals surface area contributed by atoms with Crippen LogP contribution in [0.1, 0.15) is 36.6 Å². The number of amides is 1. The van der Waals surface area contributed by atoms with Crippen LogP contribution in [0.25, 0.3) is 22.4 Å². The molecule has 3 aromatic heterocycles. The van der Waals surface area contributed by atoms with Crippen molar-refractivity contribution in [1.82, 2.24) is 19.9 Å². The molecule has 0 unspecified atom stereocenters. The molecule has 0 spiro atoms. The number of piperidine rings is 1. The lowest BCUT2D eigenvalue weighted by Crippen LogP contribution is -2.38. The number of halogens is 1. The second kappa shape index (κ2) is 8.34. The Morgan fingerprint density at radius 1 is 1.16 bits per heavy atom. The molecule has 1 fully saturated rings. The fourth-order valence-electron chi connectivity index (χ4n) is 4.34. The second-order valence-electron chi connectivity index (χ2n) is 7.90. The Bertz CT molecular complexity index is 1210. The summed E-state index contributed by atoms with van der Waals surface area (Å²) in [6, 6.07) is 10.5. The van der Waals surface area contributed by atoms with Crippen LogP contribution in [0.2, 0.25) is 0 Å². The van der Waals surface area contributed by atoms with E-state index in [9.17, 15) is 9.18 Å². The molecule has 1 saturated heterocycles. The molecule has 158 valence electrons. The molecular formula is C24H23FN4O2. The van der Waals surface area contributed by atoms with Gasteiger partial charge >= 0.3 is 0 Å². The Morgan fingerprint density at radius 3 is 2.84 bits per heavy atom. The SMILES string of the molecule is O=C(CCc1ncc(-c2ccccc2F)o1)N1CCC(c2c[nH]c3ncccc23)CC1. The maximum Gasteiger partial charge on any atom is 0.223 e. The van der Waals surface area contributed by atoms with Crippen LogP contribution >= 0.6 is 0 Å². The summed E-state index contributed by atoms with van der Waals surface area (Å²) < 4.78 is 19.6. The Morgan fingerprint density at radius 2 is 2.00 bits per heavy atom. The van der Waals surface area contributed by atoms with Crippen LogP contribution in [0.3, 0.4) is 0 Å². The first-order chi connectivity index (χ1) is 15.2. The number of oxazole rings is 1. The number of H-pyrrole nitrogens is 1. The number of benzene rings is 1. The van der Waals surface area contributed by atoms with E-state index in [1.54, 1.807) is 24.4 Å². The van der Waals surface area contributed by atoms with Crippen LogP contribution in [0, 0.1) is 5.82 Å². The van der Waals surface area contributed by atoms with E-state index in [0.717, 1.165) is 31.6 Å². The summed E-state index contributed by atoms with van der Waals surface area (Å²) in [5.74, 6) is 1.01. The van der Waals surface area contributed by atoms with Crippen LogP contribution < -0.4 is 0 Å². The smallest absolute Gasteiger partial charge is 0.223 e. The van der Waals surface area contributed by atoms with Crippen molar-refractivity contribution in [3.05, 3.63) is 72.3 Å². The van der Waals surface area contributed by atoms with Crippen molar-refractivity contribution in [1.29, 1.82) is 0 Å². The van der Waals surface area contributed by atoms with Gasteiger partial charge < -0.3 is 14.3 Å². The number of fused-ring (bicyclic) bond motifs is 1. The number of nitrogens with zero attached hydrogens (tertiary/aromatic N) is 3. The predicted molar refractivity (Wildman–Crippen MR) is 115 cm³/mol. The Kier molecular flexibility index (Phi) is 5.24. The zero-order valence-electron chi connectivity index (χ0n) is 17.1. The van der Waals surface area contributed by atoms with E-state index in [4.69, 9.17) is 4.42 Å². The molecule has 1 N–H and O–H groups in total. The number of aryl methyl sites for hydroxylation is 1. The molecule has 5 rings (SSSR count). The van der Waals surface area contributed by atoms with Crippen LogP contribution in [-0.2, 0) is 11.2 Å². The summed E-state index contributed by atoms with van der Waals surface area (Å²) in [5.41, 5.74) is 2.58. The van der Waals surface area contributed by atoms with E-state index in [2.05, 4.69) is 27.2 Å². The lowest BCUT2D eigenvalue weighted by atomic mass is 9.89. The third-order valence-corrected chi connectivity index (χ3v) is 6.02. The zero-order chi connectivity index (χ0) is 21.2. The zero-order valence-corrected chi connectivity index (χ0v) is 17.1. The summed E-state index contributed by atoms with van der Waals surface area (Å²) in [6.45, 7) is 1.48. The first kappa shape index (κ1) is 19.5. The highest BCUT2D eigenvalue weighted by Gasteiger charge is 2.25. The molecule has 0 aliphatic carbocycles. The van der Waals surface area contributed by atoms with Gasteiger partial charge in [0.2, 0.25) is 5.91 Å². The van der Waals surface area contributed by atoms with Gasteiger partial charge in [0.15, 0.2) is 11.7 Å². The van der Waals surface area contributed by atoms with Gasteiger partial charge in [-0.1, -0.05) is 12.1 Å². The number of carbonyl (C=O) groups is 1. The highest BCUT2D eigenvalue weighted by atomic mass is 19.1. The van der Waals surface area contributed by atoms with Crippen molar-refractivity contribution in [2.24, 2.45) is 0 Å². The molecule has 0 radical (unpaired) electrons. The monoisotopic (exact) mass is 418 g/mol. The molecule has 1 aliphatic heterocycles. The van der Waals surface area contributed by atoms with E-state index < -0.39 is 0 Å². The van der Waals surface area contributed by atoms with Gasteiger partial charge in [0.25, 0.3) is 0 Å². The molecule has 0 atom stereocenters. The lowest BCUT2D eigenvalue weighted by Gasteiger charge is -2.32. The molecule has 0 bridgehead atoms. The van der Waals surface area contributed by atoms with Crippen molar-refractivity contribution in [3.63, 3.8) is 0 Å². The lowest BCUT2D eigenvalue weighted by molar-refractivity contribution is -0.132. The molecule has 7 heteroatoms. The molecule has 4 heterocycles. The summed E-state index contributed by atoms with van der Waals surface area (Å²) in [4.78, 5) is 26.4. The van der Waals surface area contributed by atoms with E-state index >= 15 is 0 Å². The number of carbonyl (C=O) groups excluding carboxylic acids is 1. The fourth-order valence-corrected chi connectivity index (χ4v) is 4.34. The van der Waals surface area contributed by atoms with Gasteiger partial charge in [0.1, 0.15) is 11.5 Å². The topological polar surface area (TPSA) is 75.0 Å². The maximum atomic E-state index is 13.9. The van der Waals surface area contributed by atoms with Crippen molar-refractivity contribution >= 4 is 16.9 Å². The van der Waals surface area contributed by atoms with Gasteiger partial charge in [0, 0.05) is 43.7 Å². The first-order valence-electron chi connectivity index (χ1n) is 10.6. The number of likely N-dealkylation sites (tertiary alicyclic amines) is 1. The van der Waals surface area contributed by atoms with E-state index in [1.165, 1.54) is 23.2 Å². The highest BCUT2D eigenvalue weighted by molar-refractivity contribution is 5.80. The van der Waals surface area contributed by atoms with Crippen molar-refractivity contribution in [2.45, 2.75) is 31.6 Å². The quantitative estimate of drug-likeness (QED) is 0.510. The first-order valence-corrected chi connectivity index (χ1v) is 10.6. The summed E-state index contributed by atoms with van der Waals surface area (Å²) in [5, 5.41) is 1.17. The van der Waals surface area contributed by atoms with E-state index in [-0.39, 0.29) is 11.7 Å². The third-order valence-electron chi connectivity index (χ3n) is 6.02. The number of rotatable bonds is 5. The van der Waals surface area contributed by atoms with E-state index in [1.807, 2.05) is 11.0 Å².